The maximum absolute atomic E-state index is 13.2. The summed E-state index contributed by atoms with van der Waals surface area (Å²) in [6.45, 7) is 3.81. The largest absolute Gasteiger partial charge is 0.497 e. The molecular formula is C21H19N3O4S. The fourth-order valence-corrected chi connectivity index (χ4v) is 3.88. The number of pyridine rings is 1. The van der Waals surface area contributed by atoms with E-state index in [-0.39, 0.29) is 5.91 Å². The van der Waals surface area contributed by atoms with E-state index in [9.17, 15) is 4.79 Å². The zero-order valence-electron chi connectivity index (χ0n) is 16.4. The molecule has 0 aliphatic heterocycles. The summed E-state index contributed by atoms with van der Waals surface area (Å²) in [6, 6.07) is 10.9. The Morgan fingerprint density at radius 3 is 2.41 bits per heavy atom. The predicted octanol–water partition coefficient (Wildman–Crippen LogP) is 4.84. The highest BCUT2D eigenvalue weighted by Crippen LogP contribution is 2.32. The average Bonchev–Trinajstić information content (AvgIpc) is 3.32. The summed E-state index contributed by atoms with van der Waals surface area (Å²) >= 11 is 1.60. The van der Waals surface area contributed by atoms with Gasteiger partial charge in [-0.15, -0.1) is 11.3 Å². The van der Waals surface area contributed by atoms with Crippen molar-refractivity contribution in [1.82, 2.24) is 10.1 Å². The molecule has 0 saturated carbocycles. The number of amides is 1. The molecule has 3 aromatic heterocycles. The molecule has 0 aliphatic rings. The van der Waals surface area contributed by atoms with Crippen LogP contribution >= 0.6 is 11.3 Å². The van der Waals surface area contributed by atoms with Crippen LogP contribution in [0.1, 0.15) is 20.9 Å². The molecule has 1 N–H and O–H groups in total. The van der Waals surface area contributed by atoms with Crippen molar-refractivity contribution in [3.63, 3.8) is 0 Å². The number of rotatable bonds is 5. The van der Waals surface area contributed by atoms with E-state index in [0.717, 1.165) is 9.75 Å². The van der Waals surface area contributed by atoms with Crippen LogP contribution in [-0.2, 0) is 0 Å². The minimum Gasteiger partial charge on any atom is -0.497 e. The Balaban J connectivity index is 1.78. The first kappa shape index (κ1) is 18.9. The molecule has 0 unspecified atom stereocenters. The van der Waals surface area contributed by atoms with E-state index in [4.69, 9.17) is 14.0 Å². The summed E-state index contributed by atoms with van der Waals surface area (Å²) in [7, 11) is 3.12. The topological polar surface area (TPSA) is 86.5 Å². The second-order valence-electron chi connectivity index (χ2n) is 6.47. The van der Waals surface area contributed by atoms with Crippen LogP contribution in [0.5, 0.6) is 11.5 Å². The number of nitrogens with one attached hydrogen (secondary N) is 1. The standard InChI is InChI=1S/C21H19N3O4S/c1-11-5-6-18(29-11)17-10-16(19-12(2)24-28-21(19)23-17)20(25)22-13-7-14(26-3)9-15(8-13)27-4/h5-10H,1-4H3,(H,22,25). The molecule has 0 atom stereocenters. The molecule has 8 heteroatoms. The number of methoxy groups -OCH3 is 2. The van der Waals surface area contributed by atoms with Crippen LogP contribution in [0.2, 0.25) is 0 Å². The van der Waals surface area contributed by atoms with Crippen LogP contribution in [-0.4, -0.2) is 30.3 Å². The Hall–Kier alpha value is -3.39. The minimum atomic E-state index is -0.298. The highest BCUT2D eigenvalue weighted by molar-refractivity contribution is 7.15. The summed E-state index contributed by atoms with van der Waals surface area (Å²) in [5, 5.41) is 7.49. The van der Waals surface area contributed by atoms with E-state index >= 15 is 0 Å². The summed E-state index contributed by atoms with van der Waals surface area (Å²) in [5.74, 6) is 0.861. The van der Waals surface area contributed by atoms with Gasteiger partial charge in [0, 0.05) is 28.8 Å². The number of anilines is 1. The van der Waals surface area contributed by atoms with Gasteiger partial charge >= 0.3 is 0 Å². The van der Waals surface area contributed by atoms with E-state index in [1.165, 1.54) is 0 Å². The highest BCUT2D eigenvalue weighted by atomic mass is 32.1. The van der Waals surface area contributed by atoms with E-state index in [1.54, 1.807) is 56.7 Å². The monoisotopic (exact) mass is 409 g/mol. The van der Waals surface area contributed by atoms with Gasteiger partial charge in [-0.05, 0) is 32.0 Å². The van der Waals surface area contributed by atoms with Gasteiger partial charge in [-0.2, -0.15) is 0 Å². The third kappa shape index (κ3) is 3.66. The summed E-state index contributed by atoms with van der Waals surface area (Å²) < 4.78 is 15.9. The molecule has 0 fully saturated rings. The van der Waals surface area contributed by atoms with Crippen LogP contribution in [0.15, 0.2) is 40.9 Å². The Bertz CT molecular complexity index is 1190. The van der Waals surface area contributed by atoms with Crippen molar-refractivity contribution in [2.75, 3.05) is 19.5 Å². The molecule has 148 valence electrons. The number of nitrogens with zero attached hydrogens (tertiary/aromatic N) is 2. The van der Waals surface area contributed by atoms with E-state index < -0.39 is 0 Å². The second-order valence-corrected chi connectivity index (χ2v) is 7.76. The quantitative estimate of drug-likeness (QED) is 0.508. The van der Waals surface area contributed by atoms with Crippen molar-refractivity contribution in [2.45, 2.75) is 13.8 Å². The van der Waals surface area contributed by atoms with E-state index in [2.05, 4.69) is 15.5 Å². The molecule has 0 aliphatic carbocycles. The van der Waals surface area contributed by atoms with Crippen LogP contribution < -0.4 is 14.8 Å². The van der Waals surface area contributed by atoms with Crippen LogP contribution in [0.25, 0.3) is 21.7 Å². The van der Waals surface area contributed by atoms with Crippen molar-refractivity contribution in [3.05, 3.63) is 52.5 Å². The maximum atomic E-state index is 13.2. The summed E-state index contributed by atoms with van der Waals surface area (Å²) in [6.07, 6.45) is 0. The lowest BCUT2D eigenvalue weighted by Crippen LogP contribution is -2.13. The van der Waals surface area contributed by atoms with Gasteiger partial charge in [-0.3, -0.25) is 4.79 Å². The predicted molar refractivity (Wildman–Crippen MR) is 112 cm³/mol. The van der Waals surface area contributed by atoms with Crippen molar-refractivity contribution in [2.24, 2.45) is 0 Å². The number of aryl methyl sites for hydroxylation is 2. The molecule has 7 nitrogen and oxygen atoms in total. The Kier molecular flexibility index (Phi) is 4.94. The molecule has 3 heterocycles. The number of carbonyl (C=O) groups excluding carboxylic acids is 1. The van der Waals surface area contributed by atoms with Gasteiger partial charge in [0.1, 0.15) is 11.5 Å². The maximum Gasteiger partial charge on any atom is 0.259 e. The Morgan fingerprint density at radius 1 is 1.07 bits per heavy atom. The first-order valence-corrected chi connectivity index (χ1v) is 9.68. The smallest absolute Gasteiger partial charge is 0.259 e. The number of hydrogen-bond acceptors (Lipinski definition) is 7. The minimum absolute atomic E-state index is 0.298. The molecule has 0 bridgehead atoms. The lowest BCUT2D eigenvalue weighted by molar-refractivity contribution is 0.102. The van der Waals surface area contributed by atoms with Crippen LogP contribution in [0.4, 0.5) is 5.69 Å². The second kappa shape index (κ2) is 7.56. The third-order valence-corrected chi connectivity index (χ3v) is 5.49. The van der Waals surface area contributed by atoms with Gasteiger partial charge in [-0.1, -0.05) is 5.16 Å². The molecule has 0 spiro atoms. The lowest BCUT2D eigenvalue weighted by Gasteiger charge is -2.11. The molecule has 0 saturated heterocycles. The number of thiophene rings is 1. The van der Waals surface area contributed by atoms with Gasteiger partial charge in [-0.25, -0.2) is 4.98 Å². The summed E-state index contributed by atoms with van der Waals surface area (Å²) in [4.78, 5) is 19.8. The van der Waals surface area contributed by atoms with Crippen molar-refractivity contribution >= 4 is 34.0 Å². The van der Waals surface area contributed by atoms with Gasteiger partial charge in [0.05, 0.1) is 41.4 Å². The van der Waals surface area contributed by atoms with E-state index in [1.807, 2.05) is 19.1 Å². The average molecular weight is 409 g/mol. The van der Waals surface area contributed by atoms with Crippen molar-refractivity contribution in [1.29, 1.82) is 0 Å². The fraction of sp³-hybridized carbons (Fsp3) is 0.190. The zero-order chi connectivity index (χ0) is 20.5. The van der Waals surface area contributed by atoms with Gasteiger partial charge in [0.2, 0.25) is 0 Å². The Morgan fingerprint density at radius 2 is 1.79 bits per heavy atom. The Labute approximate surface area is 171 Å². The first-order chi connectivity index (χ1) is 14.0. The van der Waals surface area contributed by atoms with Gasteiger partial charge in [0.15, 0.2) is 0 Å². The third-order valence-electron chi connectivity index (χ3n) is 4.46. The van der Waals surface area contributed by atoms with Gasteiger partial charge in [0.25, 0.3) is 11.6 Å². The number of benzene rings is 1. The molecule has 4 aromatic rings. The molecule has 0 radical (unpaired) electrons. The molecule has 1 aromatic carbocycles. The normalized spacial score (nSPS) is 10.9. The molecule has 4 rings (SSSR count). The van der Waals surface area contributed by atoms with Crippen molar-refractivity contribution < 1.29 is 18.8 Å². The summed E-state index contributed by atoms with van der Waals surface area (Å²) in [5.41, 5.74) is 2.60. The fourth-order valence-electron chi connectivity index (χ4n) is 3.05. The van der Waals surface area contributed by atoms with Crippen LogP contribution in [0, 0.1) is 13.8 Å². The molecule has 29 heavy (non-hydrogen) atoms. The molecular weight excluding hydrogens is 390 g/mol. The number of fused-ring (bicyclic) bond motifs is 1. The number of carbonyl (C=O) groups is 1. The first-order valence-electron chi connectivity index (χ1n) is 8.86. The SMILES string of the molecule is COc1cc(NC(=O)c2cc(-c3ccc(C)s3)nc3onc(C)c23)cc(OC)c1. The van der Waals surface area contributed by atoms with Crippen molar-refractivity contribution in [3.8, 4) is 22.1 Å². The lowest BCUT2D eigenvalue weighted by atomic mass is 10.1. The zero-order valence-corrected chi connectivity index (χ0v) is 17.2. The number of hydrogen-bond donors (Lipinski definition) is 1. The highest BCUT2D eigenvalue weighted by Gasteiger charge is 2.20. The van der Waals surface area contributed by atoms with E-state index in [0.29, 0.717) is 45.2 Å². The number of aromatic nitrogens is 2. The molecule has 1 amide bonds. The van der Waals surface area contributed by atoms with Gasteiger partial charge < -0.3 is 19.3 Å². The van der Waals surface area contributed by atoms with Crippen LogP contribution in [0.3, 0.4) is 0 Å². The number of ether oxygens (including phenoxy) is 2.